The van der Waals surface area contributed by atoms with E-state index in [1.807, 2.05) is 18.2 Å². The van der Waals surface area contributed by atoms with Crippen molar-refractivity contribution in [3.63, 3.8) is 0 Å². The second-order valence-corrected chi connectivity index (χ2v) is 4.49. The minimum atomic E-state index is -0.358. The van der Waals surface area contributed by atoms with Crippen LogP contribution in [0, 0.1) is 0 Å². The molecule has 0 unspecified atom stereocenters. The predicted octanol–water partition coefficient (Wildman–Crippen LogP) is 1.42. The molecule has 0 spiro atoms. The lowest BCUT2D eigenvalue weighted by atomic mass is 10.0. The van der Waals surface area contributed by atoms with Crippen LogP contribution in [0.3, 0.4) is 0 Å². The van der Waals surface area contributed by atoms with Crippen LogP contribution in [0.15, 0.2) is 23.0 Å². The second-order valence-electron chi connectivity index (χ2n) is 4.49. The van der Waals surface area contributed by atoms with E-state index in [9.17, 15) is 4.79 Å². The minimum absolute atomic E-state index is 0.358. The Morgan fingerprint density at radius 1 is 1.20 bits per heavy atom. The largest absolute Gasteiger partial charge is 0.493 e. The highest BCUT2D eigenvalue weighted by molar-refractivity contribution is 5.72. The number of benzene rings is 1. The van der Waals surface area contributed by atoms with Crippen LogP contribution in [0.4, 0.5) is 5.82 Å². The van der Waals surface area contributed by atoms with E-state index in [0.29, 0.717) is 17.3 Å². The Morgan fingerprint density at radius 2 is 2.00 bits per heavy atom. The lowest BCUT2D eigenvalue weighted by Crippen LogP contribution is -2.13. The molecule has 104 valence electrons. The van der Waals surface area contributed by atoms with Gasteiger partial charge in [-0.15, -0.1) is 0 Å². The van der Waals surface area contributed by atoms with Crippen molar-refractivity contribution in [1.29, 1.82) is 0 Å². The van der Waals surface area contributed by atoms with Crippen LogP contribution in [0.5, 0.6) is 11.5 Å². The fraction of sp³-hybridized carbons (Fsp3) is 0.286. The maximum absolute atomic E-state index is 11.6. The number of aromatic nitrogens is 2. The zero-order valence-electron chi connectivity index (χ0n) is 11.3. The Labute approximate surface area is 115 Å². The predicted molar refractivity (Wildman–Crippen MR) is 75.6 cm³/mol. The molecule has 0 fully saturated rings. The molecule has 1 aliphatic heterocycles. The first kappa shape index (κ1) is 12.5. The van der Waals surface area contributed by atoms with Crippen LogP contribution in [0.1, 0.15) is 5.56 Å². The van der Waals surface area contributed by atoms with Crippen molar-refractivity contribution < 1.29 is 9.47 Å². The molecule has 2 aromatic rings. The first-order chi connectivity index (χ1) is 9.72. The number of methoxy groups -OCH3 is 2. The Morgan fingerprint density at radius 3 is 2.75 bits per heavy atom. The quantitative estimate of drug-likeness (QED) is 0.884. The molecule has 1 aromatic heterocycles. The van der Waals surface area contributed by atoms with Gasteiger partial charge >= 0.3 is 5.69 Å². The molecular formula is C14H15N3O3. The molecule has 0 saturated heterocycles. The maximum Gasteiger partial charge on any atom is 0.347 e. The van der Waals surface area contributed by atoms with Crippen molar-refractivity contribution in [3.8, 4) is 22.8 Å². The Balaban J connectivity index is 2.17. The Bertz CT molecular complexity index is 709. The van der Waals surface area contributed by atoms with E-state index in [0.717, 1.165) is 29.8 Å². The fourth-order valence-corrected chi connectivity index (χ4v) is 2.43. The Hall–Kier alpha value is -2.50. The van der Waals surface area contributed by atoms with E-state index in [1.54, 1.807) is 14.2 Å². The fourth-order valence-electron chi connectivity index (χ4n) is 2.43. The van der Waals surface area contributed by atoms with E-state index in [1.165, 1.54) is 0 Å². The molecule has 6 heteroatoms. The standard InChI is InChI=1S/C14H15N3O3/c1-19-10-4-3-8(7-11(10)20-2)12-9-5-6-15-13(9)17-14(18)16-12/h3-4,7H,5-6H2,1-2H3,(H2,15,16,17,18). The van der Waals surface area contributed by atoms with Gasteiger partial charge < -0.3 is 19.8 Å². The molecule has 0 saturated carbocycles. The van der Waals surface area contributed by atoms with Gasteiger partial charge in [-0.3, -0.25) is 0 Å². The summed E-state index contributed by atoms with van der Waals surface area (Å²) in [4.78, 5) is 18.4. The van der Waals surface area contributed by atoms with Crippen LogP contribution in [-0.2, 0) is 6.42 Å². The van der Waals surface area contributed by atoms with E-state index in [-0.39, 0.29) is 5.69 Å². The smallest absolute Gasteiger partial charge is 0.347 e. The zero-order chi connectivity index (χ0) is 14.1. The molecule has 6 nitrogen and oxygen atoms in total. The lowest BCUT2D eigenvalue weighted by molar-refractivity contribution is 0.355. The van der Waals surface area contributed by atoms with E-state index in [4.69, 9.17) is 9.47 Å². The SMILES string of the molecule is COc1ccc(-c2[nH]c(=O)nc3c2CCN3)cc1OC. The van der Waals surface area contributed by atoms with E-state index >= 15 is 0 Å². The average molecular weight is 273 g/mol. The number of ether oxygens (including phenoxy) is 2. The molecule has 20 heavy (non-hydrogen) atoms. The molecule has 1 aliphatic rings. The summed E-state index contributed by atoms with van der Waals surface area (Å²) in [5.41, 5.74) is 2.33. The van der Waals surface area contributed by atoms with Crippen molar-refractivity contribution >= 4 is 5.82 Å². The number of hydrogen-bond acceptors (Lipinski definition) is 5. The van der Waals surface area contributed by atoms with Gasteiger partial charge in [0, 0.05) is 17.7 Å². The van der Waals surface area contributed by atoms with Gasteiger partial charge in [-0.1, -0.05) is 0 Å². The number of nitrogens with one attached hydrogen (secondary N) is 2. The summed E-state index contributed by atoms with van der Waals surface area (Å²) in [6.45, 7) is 0.792. The van der Waals surface area contributed by atoms with Crippen LogP contribution in [0.25, 0.3) is 11.3 Å². The molecule has 0 amide bonds. The van der Waals surface area contributed by atoms with Gasteiger partial charge in [0.25, 0.3) is 0 Å². The van der Waals surface area contributed by atoms with Crippen LogP contribution in [-0.4, -0.2) is 30.7 Å². The zero-order valence-corrected chi connectivity index (χ0v) is 11.3. The summed E-state index contributed by atoms with van der Waals surface area (Å²) in [5.74, 6) is 1.95. The molecule has 3 rings (SSSR count). The molecule has 2 heterocycles. The highest BCUT2D eigenvalue weighted by atomic mass is 16.5. The molecule has 0 bridgehead atoms. The van der Waals surface area contributed by atoms with Crippen molar-refractivity contribution in [2.24, 2.45) is 0 Å². The minimum Gasteiger partial charge on any atom is -0.493 e. The molecular weight excluding hydrogens is 258 g/mol. The van der Waals surface area contributed by atoms with Crippen molar-refractivity contribution in [3.05, 3.63) is 34.2 Å². The summed E-state index contributed by atoms with van der Waals surface area (Å²) in [6, 6.07) is 5.57. The molecule has 0 atom stereocenters. The number of nitrogens with zero attached hydrogens (tertiary/aromatic N) is 1. The molecule has 1 aromatic carbocycles. The lowest BCUT2D eigenvalue weighted by Gasteiger charge is -2.11. The van der Waals surface area contributed by atoms with Gasteiger partial charge in [-0.25, -0.2) is 4.79 Å². The van der Waals surface area contributed by atoms with Gasteiger partial charge in [0.1, 0.15) is 5.82 Å². The van der Waals surface area contributed by atoms with Gasteiger partial charge in [-0.05, 0) is 24.6 Å². The topological polar surface area (TPSA) is 76.2 Å². The van der Waals surface area contributed by atoms with Crippen molar-refractivity contribution in [2.45, 2.75) is 6.42 Å². The number of H-pyrrole nitrogens is 1. The number of fused-ring (bicyclic) bond motifs is 1. The first-order valence-electron chi connectivity index (χ1n) is 6.32. The van der Waals surface area contributed by atoms with Crippen LogP contribution >= 0.6 is 0 Å². The monoisotopic (exact) mass is 273 g/mol. The summed E-state index contributed by atoms with van der Waals surface area (Å²) < 4.78 is 10.5. The Kier molecular flexibility index (Phi) is 3.06. The first-order valence-corrected chi connectivity index (χ1v) is 6.32. The number of anilines is 1. The normalized spacial score (nSPS) is 12.7. The summed E-state index contributed by atoms with van der Waals surface area (Å²) in [5, 5.41) is 3.12. The molecule has 0 radical (unpaired) electrons. The van der Waals surface area contributed by atoms with Crippen LogP contribution in [0.2, 0.25) is 0 Å². The summed E-state index contributed by atoms with van der Waals surface area (Å²) in [6.07, 6.45) is 0.836. The molecule has 2 N–H and O–H groups in total. The van der Waals surface area contributed by atoms with Gasteiger partial charge in [0.2, 0.25) is 0 Å². The van der Waals surface area contributed by atoms with Crippen molar-refractivity contribution in [1.82, 2.24) is 9.97 Å². The number of hydrogen-bond donors (Lipinski definition) is 2. The maximum atomic E-state index is 11.6. The summed E-state index contributed by atoms with van der Waals surface area (Å²) >= 11 is 0. The third-order valence-corrected chi connectivity index (χ3v) is 3.37. The van der Waals surface area contributed by atoms with Gasteiger partial charge in [-0.2, -0.15) is 4.98 Å². The number of aromatic amines is 1. The number of rotatable bonds is 3. The van der Waals surface area contributed by atoms with Gasteiger partial charge in [0.15, 0.2) is 11.5 Å². The average Bonchev–Trinajstić information content (AvgIpc) is 2.93. The van der Waals surface area contributed by atoms with Crippen LogP contribution < -0.4 is 20.5 Å². The second kappa shape index (κ2) is 4.88. The highest BCUT2D eigenvalue weighted by Crippen LogP contribution is 2.34. The highest BCUT2D eigenvalue weighted by Gasteiger charge is 2.19. The third kappa shape index (κ3) is 1.99. The van der Waals surface area contributed by atoms with Crippen molar-refractivity contribution in [2.75, 3.05) is 26.1 Å². The molecule has 0 aliphatic carbocycles. The van der Waals surface area contributed by atoms with E-state index in [2.05, 4.69) is 15.3 Å². The van der Waals surface area contributed by atoms with Gasteiger partial charge in [0.05, 0.1) is 19.9 Å². The third-order valence-electron chi connectivity index (χ3n) is 3.37. The summed E-state index contributed by atoms with van der Waals surface area (Å²) in [7, 11) is 3.18. The van der Waals surface area contributed by atoms with E-state index < -0.39 is 0 Å².